The van der Waals surface area contributed by atoms with Crippen molar-refractivity contribution in [2.24, 2.45) is 0 Å². The zero-order valence-corrected chi connectivity index (χ0v) is 13.5. The number of nitrogens with one attached hydrogen (secondary N) is 1. The second-order valence-electron chi connectivity index (χ2n) is 6.67. The molecule has 120 valence electrons. The van der Waals surface area contributed by atoms with E-state index in [2.05, 4.69) is 53.3 Å². The first-order valence-electron chi connectivity index (χ1n) is 8.57. The van der Waals surface area contributed by atoms with Crippen LogP contribution in [0.15, 0.2) is 42.6 Å². The molecule has 1 unspecified atom stereocenters. The van der Waals surface area contributed by atoms with Gasteiger partial charge in [-0.3, -0.25) is 0 Å². The Morgan fingerprint density at radius 3 is 2.74 bits per heavy atom. The van der Waals surface area contributed by atoms with Gasteiger partial charge in [0.2, 0.25) is 0 Å². The number of rotatable bonds is 1. The number of carbonyl (C=O) groups excluding carboxylic acids is 1. The largest absolute Gasteiger partial charge is 0.335 e. The van der Waals surface area contributed by atoms with Gasteiger partial charge in [-0.05, 0) is 43.5 Å². The van der Waals surface area contributed by atoms with Crippen molar-refractivity contribution in [3.8, 4) is 5.69 Å². The first-order chi connectivity index (χ1) is 11.2. The lowest BCUT2D eigenvalue weighted by molar-refractivity contribution is 0.171. The van der Waals surface area contributed by atoms with Gasteiger partial charge in [0.1, 0.15) is 0 Å². The maximum Gasteiger partial charge on any atom is 0.318 e. The van der Waals surface area contributed by atoms with Gasteiger partial charge in [0.05, 0.1) is 18.3 Å². The first kappa shape index (κ1) is 14.4. The maximum absolute atomic E-state index is 12.9. The topological polar surface area (TPSA) is 37.3 Å². The minimum absolute atomic E-state index is 0.0544. The van der Waals surface area contributed by atoms with E-state index in [-0.39, 0.29) is 12.1 Å². The number of nitrogens with zero attached hydrogens (tertiary/aromatic N) is 2. The van der Waals surface area contributed by atoms with E-state index in [1.54, 1.807) is 0 Å². The molecule has 0 saturated heterocycles. The fraction of sp³-hybridized carbons (Fsp3) is 0.421. The minimum atomic E-state index is 0.0544. The molecular weight excluding hydrogens is 286 g/mol. The summed E-state index contributed by atoms with van der Waals surface area (Å²) < 4.78 is 2.21. The number of benzene rings is 1. The van der Waals surface area contributed by atoms with Crippen LogP contribution < -0.4 is 5.32 Å². The Kier molecular flexibility index (Phi) is 3.60. The molecule has 1 aliphatic heterocycles. The Labute approximate surface area is 137 Å². The highest BCUT2D eigenvalue weighted by Gasteiger charge is 2.30. The highest BCUT2D eigenvalue weighted by Crippen LogP contribution is 2.32. The monoisotopic (exact) mass is 309 g/mol. The Balaban J connectivity index is 1.68. The van der Waals surface area contributed by atoms with Crippen molar-refractivity contribution in [1.29, 1.82) is 0 Å². The number of carbonyl (C=O) groups is 1. The van der Waals surface area contributed by atoms with Gasteiger partial charge in [-0.1, -0.05) is 31.0 Å². The third kappa shape index (κ3) is 2.52. The molecule has 2 aliphatic rings. The zero-order chi connectivity index (χ0) is 15.8. The average Bonchev–Trinajstić information content (AvgIpc) is 3.21. The van der Waals surface area contributed by atoms with Crippen molar-refractivity contribution in [3.63, 3.8) is 0 Å². The molecule has 4 nitrogen and oxygen atoms in total. The molecule has 0 spiro atoms. The van der Waals surface area contributed by atoms with Crippen LogP contribution in [0.5, 0.6) is 0 Å². The summed E-state index contributed by atoms with van der Waals surface area (Å²) in [5.74, 6) is 0. The van der Waals surface area contributed by atoms with Crippen LogP contribution in [-0.4, -0.2) is 21.5 Å². The quantitative estimate of drug-likeness (QED) is 0.849. The lowest BCUT2D eigenvalue weighted by atomic mass is 10.1. The fourth-order valence-corrected chi connectivity index (χ4v) is 3.89. The van der Waals surface area contributed by atoms with E-state index < -0.39 is 0 Å². The normalized spacial score (nSPS) is 20.7. The Bertz CT molecular complexity index is 715. The van der Waals surface area contributed by atoms with Crippen LogP contribution >= 0.6 is 0 Å². The van der Waals surface area contributed by atoms with Crippen LogP contribution in [-0.2, 0) is 6.54 Å². The van der Waals surface area contributed by atoms with Crippen molar-refractivity contribution in [1.82, 2.24) is 14.8 Å². The van der Waals surface area contributed by atoms with Crippen LogP contribution in [0.2, 0.25) is 0 Å². The molecule has 2 heterocycles. The average molecular weight is 309 g/mol. The van der Waals surface area contributed by atoms with E-state index in [0.29, 0.717) is 12.6 Å². The number of para-hydroxylation sites is 1. The molecule has 1 aromatic heterocycles. The highest BCUT2D eigenvalue weighted by atomic mass is 16.2. The van der Waals surface area contributed by atoms with Crippen molar-refractivity contribution < 1.29 is 4.79 Å². The zero-order valence-electron chi connectivity index (χ0n) is 13.5. The van der Waals surface area contributed by atoms with E-state index in [1.807, 2.05) is 11.0 Å². The molecule has 2 aromatic rings. The van der Waals surface area contributed by atoms with Crippen molar-refractivity contribution >= 4 is 6.03 Å². The maximum atomic E-state index is 12.9. The van der Waals surface area contributed by atoms with Gasteiger partial charge >= 0.3 is 6.03 Å². The number of hydrogen-bond donors (Lipinski definition) is 1. The van der Waals surface area contributed by atoms with Gasteiger partial charge < -0.3 is 14.8 Å². The van der Waals surface area contributed by atoms with E-state index in [9.17, 15) is 4.79 Å². The van der Waals surface area contributed by atoms with E-state index in [1.165, 1.54) is 24.1 Å². The van der Waals surface area contributed by atoms with Crippen molar-refractivity contribution in [2.45, 2.75) is 51.2 Å². The molecule has 23 heavy (non-hydrogen) atoms. The van der Waals surface area contributed by atoms with Gasteiger partial charge in [0.15, 0.2) is 0 Å². The third-order valence-corrected chi connectivity index (χ3v) is 5.21. The summed E-state index contributed by atoms with van der Waals surface area (Å²) in [5.41, 5.74) is 3.53. The molecule has 4 heteroatoms. The number of aromatic nitrogens is 1. The molecular formula is C19H23N3O. The second-order valence-corrected chi connectivity index (χ2v) is 6.67. The van der Waals surface area contributed by atoms with Gasteiger partial charge in [0.25, 0.3) is 0 Å². The molecule has 4 rings (SSSR count). The molecule has 0 bridgehead atoms. The molecule has 1 atom stereocenters. The van der Waals surface area contributed by atoms with Gasteiger partial charge in [0, 0.05) is 17.9 Å². The summed E-state index contributed by atoms with van der Waals surface area (Å²) in [5, 5.41) is 3.24. The fourth-order valence-electron chi connectivity index (χ4n) is 3.89. The second kappa shape index (κ2) is 5.76. The summed E-state index contributed by atoms with van der Waals surface area (Å²) >= 11 is 0. The smallest absolute Gasteiger partial charge is 0.318 e. The van der Waals surface area contributed by atoms with E-state index >= 15 is 0 Å². The Morgan fingerprint density at radius 2 is 1.91 bits per heavy atom. The molecule has 1 aliphatic carbocycles. The SMILES string of the molecule is CC1c2cccn2-c2ccccc2CN1C(=O)NC1CCCC1. The van der Waals surface area contributed by atoms with E-state index in [4.69, 9.17) is 0 Å². The molecule has 1 aromatic carbocycles. The summed E-state index contributed by atoms with van der Waals surface area (Å²) in [6.07, 6.45) is 6.77. The summed E-state index contributed by atoms with van der Waals surface area (Å²) in [4.78, 5) is 14.8. The Hall–Kier alpha value is -2.23. The van der Waals surface area contributed by atoms with Crippen LogP contribution in [0, 0.1) is 0 Å². The minimum Gasteiger partial charge on any atom is -0.335 e. The lowest BCUT2D eigenvalue weighted by Gasteiger charge is -2.29. The lowest BCUT2D eigenvalue weighted by Crippen LogP contribution is -2.44. The predicted octanol–water partition coefficient (Wildman–Crippen LogP) is 4.01. The Morgan fingerprint density at radius 1 is 1.13 bits per heavy atom. The summed E-state index contributed by atoms with van der Waals surface area (Å²) in [6, 6.07) is 13.0. The number of urea groups is 1. The number of hydrogen-bond acceptors (Lipinski definition) is 1. The van der Waals surface area contributed by atoms with Gasteiger partial charge in [-0.25, -0.2) is 4.79 Å². The number of amides is 2. The molecule has 1 fully saturated rings. The van der Waals surface area contributed by atoms with E-state index in [0.717, 1.165) is 18.5 Å². The molecule has 1 N–H and O–H groups in total. The molecule has 2 amide bonds. The van der Waals surface area contributed by atoms with Crippen LogP contribution in [0.3, 0.4) is 0 Å². The highest BCUT2D eigenvalue weighted by molar-refractivity contribution is 5.75. The predicted molar refractivity (Wildman–Crippen MR) is 90.5 cm³/mol. The van der Waals surface area contributed by atoms with Gasteiger partial charge in [-0.2, -0.15) is 0 Å². The van der Waals surface area contributed by atoms with Crippen molar-refractivity contribution in [2.75, 3.05) is 0 Å². The van der Waals surface area contributed by atoms with Crippen molar-refractivity contribution in [3.05, 3.63) is 53.9 Å². The number of fused-ring (bicyclic) bond motifs is 3. The summed E-state index contributed by atoms with van der Waals surface area (Å²) in [7, 11) is 0. The molecule has 1 saturated carbocycles. The van der Waals surface area contributed by atoms with Crippen LogP contribution in [0.1, 0.15) is 49.9 Å². The van der Waals surface area contributed by atoms with Crippen LogP contribution in [0.4, 0.5) is 4.79 Å². The first-order valence-corrected chi connectivity index (χ1v) is 8.57. The standard InChI is InChI=1S/C19H23N3O/c1-14-17-11-6-12-21(17)18-10-5-2-7-15(18)13-22(14)19(23)20-16-8-3-4-9-16/h2,5-7,10-12,14,16H,3-4,8-9,13H2,1H3,(H,20,23). The third-order valence-electron chi connectivity index (χ3n) is 5.21. The van der Waals surface area contributed by atoms with Crippen LogP contribution in [0.25, 0.3) is 5.69 Å². The summed E-state index contributed by atoms with van der Waals surface area (Å²) in [6.45, 7) is 2.77. The molecule has 0 radical (unpaired) electrons. The van der Waals surface area contributed by atoms with Gasteiger partial charge in [-0.15, -0.1) is 0 Å².